The number of nitrogens with one attached hydrogen (secondary N) is 2. The summed E-state index contributed by atoms with van der Waals surface area (Å²) in [6.45, 7) is 1.65. The van der Waals surface area contributed by atoms with Crippen LogP contribution in [-0.2, 0) is 9.59 Å². The highest BCUT2D eigenvalue weighted by Gasteiger charge is 2.22. The van der Waals surface area contributed by atoms with Crippen LogP contribution in [0.4, 0.5) is 0 Å². The summed E-state index contributed by atoms with van der Waals surface area (Å²) in [4.78, 5) is 24.2. The van der Waals surface area contributed by atoms with Gasteiger partial charge >= 0.3 is 0 Å². The van der Waals surface area contributed by atoms with Gasteiger partial charge in [-0.1, -0.05) is 19.3 Å². The van der Waals surface area contributed by atoms with Crippen LogP contribution in [0.25, 0.3) is 0 Å². The molecular formula is C17H23N3O2S. The molecule has 0 aliphatic heterocycles. The molecule has 1 aromatic rings. The SMILES string of the molecule is C[C@@H](NC(=O)CC1CCCCC1)C(=O)N[C@@H](C#N)c1ccsc1. The van der Waals surface area contributed by atoms with Crippen LogP contribution in [0.15, 0.2) is 16.8 Å². The van der Waals surface area contributed by atoms with Crippen molar-refractivity contribution in [3.8, 4) is 6.07 Å². The first-order chi connectivity index (χ1) is 11.1. The Morgan fingerprint density at radius 1 is 1.35 bits per heavy atom. The summed E-state index contributed by atoms with van der Waals surface area (Å²) >= 11 is 1.48. The second-order valence-corrected chi connectivity index (χ2v) is 6.90. The number of hydrogen-bond donors (Lipinski definition) is 2. The lowest BCUT2D eigenvalue weighted by atomic mass is 9.87. The number of hydrogen-bond acceptors (Lipinski definition) is 4. The van der Waals surface area contributed by atoms with Gasteiger partial charge in [-0.15, -0.1) is 0 Å². The standard InChI is InChI=1S/C17H23N3O2S/c1-12(19-16(21)9-13-5-3-2-4-6-13)17(22)20-15(10-18)14-7-8-23-11-14/h7-8,11-13,15H,2-6,9H2,1H3,(H,19,21)(H,20,22)/t12-,15+/m1/s1. The molecule has 2 atom stereocenters. The lowest BCUT2D eigenvalue weighted by molar-refractivity contribution is -0.129. The predicted molar refractivity (Wildman–Crippen MR) is 89.6 cm³/mol. The minimum absolute atomic E-state index is 0.0800. The fourth-order valence-electron chi connectivity index (χ4n) is 2.92. The minimum atomic E-state index is -0.675. The van der Waals surface area contributed by atoms with Gasteiger partial charge in [-0.25, -0.2) is 0 Å². The minimum Gasteiger partial charge on any atom is -0.345 e. The number of nitrogens with zero attached hydrogens (tertiary/aromatic N) is 1. The lowest BCUT2D eigenvalue weighted by Gasteiger charge is -2.22. The molecule has 1 aliphatic rings. The largest absolute Gasteiger partial charge is 0.345 e. The van der Waals surface area contributed by atoms with Crippen LogP contribution < -0.4 is 10.6 Å². The monoisotopic (exact) mass is 333 g/mol. The first kappa shape index (κ1) is 17.5. The van der Waals surface area contributed by atoms with Crippen molar-refractivity contribution in [2.24, 2.45) is 5.92 Å². The second-order valence-electron chi connectivity index (χ2n) is 6.12. The molecule has 1 aliphatic carbocycles. The number of carbonyl (C=O) groups is 2. The predicted octanol–water partition coefficient (Wildman–Crippen LogP) is 2.90. The first-order valence-corrected chi connectivity index (χ1v) is 9.06. The van der Waals surface area contributed by atoms with Crippen LogP contribution in [0.2, 0.25) is 0 Å². The van der Waals surface area contributed by atoms with E-state index in [1.54, 1.807) is 6.92 Å². The summed E-state index contributed by atoms with van der Waals surface area (Å²) in [6, 6.07) is 2.57. The third-order valence-electron chi connectivity index (χ3n) is 4.26. The van der Waals surface area contributed by atoms with E-state index in [4.69, 9.17) is 0 Å². The lowest BCUT2D eigenvalue weighted by Crippen LogP contribution is -2.46. The molecule has 124 valence electrons. The maximum Gasteiger partial charge on any atom is 0.243 e. The maximum atomic E-state index is 12.2. The highest BCUT2D eigenvalue weighted by atomic mass is 32.1. The van der Waals surface area contributed by atoms with Crippen LogP contribution >= 0.6 is 11.3 Å². The Morgan fingerprint density at radius 2 is 2.09 bits per heavy atom. The zero-order valence-electron chi connectivity index (χ0n) is 13.4. The molecule has 2 rings (SSSR count). The summed E-state index contributed by atoms with van der Waals surface area (Å²) in [5, 5.41) is 18.3. The van der Waals surface area contributed by atoms with Crippen molar-refractivity contribution in [3.63, 3.8) is 0 Å². The van der Waals surface area contributed by atoms with Crippen molar-refractivity contribution >= 4 is 23.2 Å². The van der Waals surface area contributed by atoms with Crippen LogP contribution in [0.1, 0.15) is 57.1 Å². The third-order valence-corrected chi connectivity index (χ3v) is 4.96. The number of amides is 2. The van der Waals surface area contributed by atoms with Crippen LogP contribution in [0.3, 0.4) is 0 Å². The Bertz CT molecular complexity index is 559. The smallest absolute Gasteiger partial charge is 0.243 e. The molecule has 0 radical (unpaired) electrons. The van der Waals surface area contributed by atoms with E-state index >= 15 is 0 Å². The molecule has 1 saturated carbocycles. The third kappa shape index (κ3) is 5.36. The molecule has 1 heterocycles. The average molecular weight is 333 g/mol. The van der Waals surface area contributed by atoms with Crippen molar-refractivity contribution < 1.29 is 9.59 Å². The van der Waals surface area contributed by atoms with E-state index in [1.807, 2.05) is 16.8 Å². The van der Waals surface area contributed by atoms with E-state index in [-0.39, 0.29) is 11.8 Å². The first-order valence-electron chi connectivity index (χ1n) is 8.11. The van der Waals surface area contributed by atoms with Gasteiger partial charge in [0.25, 0.3) is 0 Å². The van der Waals surface area contributed by atoms with E-state index in [0.717, 1.165) is 18.4 Å². The molecule has 0 spiro atoms. The van der Waals surface area contributed by atoms with Gasteiger partial charge in [-0.3, -0.25) is 9.59 Å². The summed E-state index contributed by atoms with van der Waals surface area (Å²) in [6.07, 6.45) is 6.33. The molecule has 1 fully saturated rings. The highest BCUT2D eigenvalue weighted by Crippen LogP contribution is 2.26. The topological polar surface area (TPSA) is 82.0 Å². The molecule has 6 heteroatoms. The van der Waals surface area contributed by atoms with E-state index < -0.39 is 12.1 Å². The molecule has 1 aromatic heterocycles. The number of rotatable bonds is 6. The van der Waals surface area contributed by atoms with Crippen molar-refractivity contribution in [2.45, 2.75) is 57.5 Å². The van der Waals surface area contributed by atoms with E-state index in [9.17, 15) is 14.9 Å². The van der Waals surface area contributed by atoms with Crippen LogP contribution in [0.5, 0.6) is 0 Å². The van der Waals surface area contributed by atoms with Gasteiger partial charge in [0.2, 0.25) is 11.8 Å². The Labute approximate surface area is 141 Å². The summed E-state index contributed by atoms with van der Waals surface area (Å²) in [7, 11) is 0. The number of thiophene rings is 1. The summed E-state index contributed by atoms with van der Waals surface area (Å²) in [5.41, 5.74) is 0.770. The Balaban J connectivity index is 1.79. The van der Waals surface area contributed by atoms with E-state index in [0.29, 0.717) is 12.3 Å². The fourth-order valence-corrected chi connectivity index (χ4v) is 3.60. The van der Waals surface area contributed by atoms with Crippen molar-refractivity contribution in [2.75, 3.05) is 0 Å². The Hall–Kier alpha value is -1.87. The molecule has 2 N–H and O–H groups in total. The molecule has 0 aromatic carbocycles. The molecule has 23 heavy (non-hydrogen) atoms. The zero-order chi connectivity index (χ0) is 16.7. The van der Waals surface area contributed by atoms with Crippen LogP contribution in [-0.4, -0.2) is 17.9 Å². The van der Waals surface area contributed by atoms with Gasteiger partial charge in [-0.05, 0) is 48.1 Å². The Kier molecular flexibility index (Phi) is 6.60. The van der Waals surface area contributed by atoms with Crippen molar-refractivity contribution in [3.05, 3.63) is 22.4 Å². The summed E-state index contributed by atoms with van der Waals surface area (Å²) in [5.74, 6) is 0.0278. The molecule has 0 saturated heterocycles. The molecule has 0 unspecified atom stereocenters. The molecule has 5 nitrogen and oxygen atoms in total. The van der Waals surface area contributed by atoms with Gasteiger partial charge in [0, 0.05) is 6.42 Å². The van der Waals surface area contributed by atoms with Crippen molar-refractivity contribution in [1.82, 2.24) is 10.6 Å². The van der Waals surface area contributed by atoms with Gasteiger partial charge in [0.15, 0.2) is 0 Å². The quantitative estimate of drug-likeness (QED) is 0.840. The summed E-state index contributed by atoms with van der Waals surface area (Å²) < 4.78 is 0. The zero-order valence-corrected chi connectivity index (χ0v) is 14.2. The normalized spacial score (nSPS) is 17.7. The molecule has 2 amide bonds. The van der Waals surface area contributed by atoms with Gasteiger partial charge in [-0.2, -0.15) is 16.6 Å². The van der Waals surface area contributed by atoms with Crippen molar-refractivity contribution in [1.29, 1.82) is 5.26 Å². The second kappa shape index (κ2) is 8.68. The van der Waals surface area contributed by atoms with E-state index in [1.165, 1.54) is 30.6 Å². The number of nitriles is 1. The maximum absolute atomic E-state index is 12.2. The molecule has 0 bridgehead atoms. The van der Waals surface area contributed by atoms with E-state index in [2.05, 4.69) is 16.7 Å². The number of carbonyl (C=O) groups excluding carboxylic acids is 2. The fraction of sp³-hybridized carbons (Fsp3) is 0.588. The average Bonchev–Trinajstić information content (AvgIpc) is 3.07. The Morgan fingerprint density at radius 3 is 2.70 bits per heavy atom. The molecular weight excluding hydrogens is 310 g/mol. The van der Waals surface area contributed by atoms with Gasteiger partial charge in [0.05, 0.1) is 6.07 Å². The van der Waals surface area contributed by atoms with Gasteiger partial charge < -0.3 is 10.6 Å². The van der Waals surface area contributed by atoms with Crippen LogP contribution in [0, 0.1) is 17.2 Å². The highest BCUT2D eigenvalue weighted by molar-refractivity contribution is 7.08. The van der Waals surface area contributed by atoms with Gasteiger partial charge in [0.1, 0.15) is 12.1 Å².